The predicted octanol–water partition coefficient (Wildman–Crippen LogP) is 4.35. The molecule has 2 aromatic rings. The Morgan fingerprint density at radius 3 is 2.68 bits per heavy atom. The van der Waals surface area contributed by atoms with Gasteiger partial charge in [-0.25, -0.2) is 0 Å². The SMILES string of the molecule is CCCOc1nn(CCC)cc1C(=O)Nc1cccc(C(F)(F)F)c1. The third-order valence-corrected chi connectivity index (χ3v) is 3.32. The van der Waals surface area contributed by atoms with Gasteiger partial charge in [0.1, 0.15) is 5.56 Å². The third-order valence-electron chi connectivity index (χ3n) is 3.32. The first kappa shape index (κ1) is 18.8. The van der Waals surface area contributed by atoms with Gasteiger partial charge in [-0.15, -0.1) is 5.10 Å². The van der Waals surface area contributed by atoms with E-state index >= 15 is 0 Å². The molecule has 1 amide bonds. The van der Waals surface area contributed by atoms with Crippen molar-refractivity contribution < 1.29 is 22.7 Å². The monoisotopic (exact) mass is 355 g/mol. The number of ether oxygens (including phenoxy) is 1. The van der Waals surface area contributed by atoms with Crippen LogP contribution in [0.5, 0.6) is 5.88 Å². The van der Waals surface area contributed by atoms with E-state index < -0.39 is 17.6 Å². The Morgan fingerprint density at radius 1 is 1.28 bits per heavy atom. The number of aryl methyl sites for hydroxylation is 1. The van der Waals surface area contributed by atoms with Crippen LogP contribution < -0.4 is 10.1 Å². The van der Waals surface area contributed by atoms with Crippen molar-refractivity contribution >= 4 is 11.6 Å². The highest BCUT2D eigenvalue weighted by atomic mass is 19.4. The van der Waals surface area contributed by atoms with Gasteiger partial charge < -0.3 is 10.1 Å². The summed E-state index contributed by atoms with van der Waals surface area (Å²) in [6.45, 7) is 4.90. The first-order valence-corrected chi connectivity index (χ1v) is 8.04. The maximum absolute atomic E-state index is 12.8. The summed E-state index contributed by atoms with van der Waals surface area (Å²) in [5.74, 6) is -0.382. The van der Waals surface area contributed by atoms with Gasteiger partial charge >= 0.3 is 6.18 Å². The number of hydrogen-bond donors (Lipinski definition) is 1. The molecule has 8 heteroatoms. The number of nitrogens with one attached hydrogen (secondary N) is 1. The number of hydrogen-bond acceptors (Lipinski definition) is 3. The summed E-state index contributed by atoms with van der Waals surface area (Å²) in [7, 11) is 0. The van der Waals surface area contributed by atoms with Crippen LogP contribution in [0, 0.1) is 0 Å². The van der Waals surface area contributed by atoms with Crippen molar-refractivity contribution in [1.29, 1.82) is 0 Å². The van der Waals surface area contributed by atoms with E-state index in [4.69, 9.17) is 4.74 Å². The van der Waals surface area contributed by atoms with Gasteiger partial charge in [-0.3, -0.25) is 9.48 Å². The molecule has 0 aliphatic carbocycles. The van der Waals surface area contributed by atoms with Crippen LogP contribution in [0.15, 0.2) is 30.5 Å². The molecule has 25 heavy (non-hydrogen) atoms. The van der Waals surface area contributed by atoms with Crippen LogP contribution >= 0.6 is 0 Å². The van der Waals surface area contributed by atoms with Gasteiger partial charge in [-0.1, -0.05) is 19.9 Å². The van der Waals surface area contributed by atoms with E-state index in [0.717, 1.165) is 25.0 Å². The minimum Gasteiger partial charge on any atom is -0.476 e. The summed E-state index contributed by atoms with van der Waals surface area (Å²) in [6, 6.07) is 4.48. The van der Waals surface area contributed by atoms with Crippen molar-refractivity contribution in [3.05, 3.63) is 41.6 Å². The van der Waals surface area contributed by atoms with Crippen LogP contribution in [0.4, 0.5) is 18.9 Å². The summed E-state index contributed by atoms with van der Waals surface area (Å²) in [5, 5.41) is 6.68. The number of rotatable bonds is 7. The molecule has 1 N–H and O–H groups in total. The average Bonchev–Trinajstić information content (AvgIpc) is 2.96. The van der Waals surface area contributed by atoms with E-state index in [1.807, 2.05) is 13.8 Å². The quantitative estimate of drug-likeness (QED) is 0.803. The molecule has 0 fully saturated rings. The van der Waals surface area contributed by atoms with Crippen molar-refractivity contribution in [2.24, 2.45) is 0 Å². The molecule has 0 aliphatic rings. The second-order valence-electron chi connectivity index (χ2n) is 5.49. The van der Waals surface area contributed by atoms with Gasteiger partial charge in [-0.2, -0.15) is 13.2 Å². The molecule has 1 heterocycles. The van der Waals surface area contributed by atoms with Gasteiger partial charge in [0.05, 0.1) is 12.2 Å². The molecule has 0 bridgehead atoms. The van der Waals surface area contributed by atoms with Crippen LogP contribution in [0.2, 0.25) is 0 Å². The summed E-state index contributed by atoms with van der Waals surface area (Å²) in [6.07, 6.45) is -1.36. The lowest BCUT2D eigenvalue weighted by atomic mass is 10.2. The molecule has 0 unspecified atom stereocenters. The smallest absolute Gasteiger partial charge is 0.416 e. The second-order valence-corrected chi connectivity index (χ2v) is 5.49. The number of carbonyl (C=O) groups is 1. The predicted molar refractivity (Wildman–Crippen MR) is 87.7 cm³/mol. The summed E-state index contributed by atoms with van der Waals surface area (Å²) < 4.78 is 45.4. The highest BCUT2D eigenvalue weighted by Crippen LogP contribution is 2.31. The lowest BCUT2D eigenvalue weighted by Gasteiger charge is -2.10. The number of benzene rings is 1. The summed E-state index contributed by atoms with van der Waals surface area (Å²) >= 11 is 0. The summed E-state index contributed by atoms with van der Waals surface area (Å²) in [4.78, 5) is 12.5. The Kier molecular flexibility index (Phi) is 6.06. The van der Waals surface area contributed by atoms with Crippen molar-refractivity contribution in [3.8, 4) is 5.88 Å². The second kappa shape index (κ2) is 8.04. The molecular formula is C17H20F3N3O2. The van der Waals surface area contributed by atoms with Crippen LogP contribution in [-0.4, -0.2) is 22.3 Å². The lowest BCUT2D eigenvalue weighted by molar-refractivity contribution is -0.137. The van der Waals surface area contributed by atoms with E-state index in [0.29, 0.717) is 13.2 Å². The number of aromatic nitrogens is 2. The van der Waals surface area contributed by atoms with Crippen molar-refractivity contribution in [3.63, 3.8) is 0 Å². The van der Waals surface area contributed by atoms with E-state index in [-0.39, 0.29) is 17.1 Å². The fourth-order valence-corrected chi connectivity index (χ4v) is 2.18. The molecule has 0 saturated carbocycles. The normalized spacial score (nSPS) is 11.4. The number of nitrogens with zero attached hydrogens (tertiary/aromatic N) is 2. The summed E-state index contributed by atoms with van der Waals surface area (Å²) in [5.41, 5.74) is -0.571. The van der Waals surface area contributed by atoms with Crippen molar-refractivity contribution in [2.75, 3.05) is 11.9 Å². The Labute approximate surface area is 143 Å². The lowest BCUT2D eigenvalue weighted by Crippen LogP contribution is -2.14. The molecule has 1 aromatic carbocycles. The minimum atomic E-state index is -4.47. The van der Waals surface area contributed by atoms with Crippen LogP contribution in [0.3, 0.4) is 0 Å². The maximum Gasteiger partial charge on any atom is 0.416 e. The molecule has 0 spiro atoms. The zero-order valence-electron chi connectivity index (χ0n) is 14.1. The maximum atomic E-state index is 12.8. The molecule has 1 aromatic heterocycles. The van der Waals surface area contributed by atoms with Crippen LogP contribution in [0.1, 0.15) is 42.6 Å². The van der Waals surface area contributed by atoms with Gasteiger partial charge in [0.15, 0.2) is 0 Å². The van der Waals surface area contributed by atoms with Gasteiger partial charge in [-0.05, 0) is 31.0 Å². The topological polar surface area (TPSA) is 56.2 Å². The fourth-order valence-electron chi connectivity index (χ4n) is 2.18. The molecule has 0 radical (unpaired) electrons. The highest BCUT2D eigenvalue weighted by Gasteiger charge is 2.30. The molecule has 0 aliphatic heterocycles. The Hall–Kier alpha value is -2.51. The first-order valence-electron chi connectivity index (χ1n) is 8.04. The number of carbonyl (C=O) groups excluding carboxylic acids is 1. The van der Waals surface area contributed by atoms with E-state index in [9.17, 15) is 18.0 Å². The largest absolute Gasteiger partial charge is 0.476 e. The highest BCUT2D eigenvalue weighted by molar-refractivity contribution is 6.05. The fraction of sp³-hybridized carbons (Fsp3) is 0.412. The van der Waals surface area contributed by atoms with Gasteiger partial charge in [0.2, 0.25) is 5.88 Å². The number of anilines is 1. The number of alkyl halides is 3. The molecule has 5 nitrogen and oxygen atoms in total. The third kappa shape index (κ3) is 4.98. The molecular weight excluding hydrogens is 335 g/mol. The Balaban J connectivity index is 2.22. The zero-order valence-corrected chi connectivity index (χ0v) is 14.1. The number of halogens is 3. The Bertz CT molecular complexity index is 726. The standard InChI is InChI=1S/C17H20F3N3O2/c1-3-8-23-11-14(16(22-23)25-9-4-2)15(24)21-13-7-5-6-12(10-13)17(18,19)20/h5-7,10-11H,3-4,8-9H2,1-2H3,(H,21,24). The molecule has 2 rings (SSSR count). The molecule has 136 valence electrons. The molecule has 0 saturated heterocycles. The van der Waals surface area contributed by atoms with E-state index in [1.54, 1.807) is 4.68 Å². The van der Waals surface area contributed by atoms with Crippen LogP contribution in [0.25, 0.3) is 0 Å². The van der Waals surface area contributed by atoms with Gasteiger partial charge in [0.25, 0.3) is 5.91 Å². The first-order chi connectivity index (χ1) is 11.8. The van der Waals surface area contributed by atoms with Crippen LogP contribution in [-0.2, 0) is 12.7 Å². The average molecular weight is 355 g/mol. The minimum absolute atomic E-state index is 0.0597. The molecule has 0 atom stereocenters. The van der Waals surface area contributed by atoms with E-state index in [1.165, 1.54) is 18.3 Å². The number of amides is 1. The van der Waals surface area contributed by atoms with Gasteiger partial charge in [0, 0.05) is 18.4 Å². The zero-order chi connectivity index (χ0) is 18.4. The van der Waals surface area contributed by atoms with Crippen molar-refractivity contribution in [2.45, 2.75) is 39.4 Å². The van der Waals surface area contributed by atoms with E-state index in [2.05, 4.69) is 10.4 Å². The Morgan fingerprint density at radius 2 is 2.04 bits per heavy atom. The van der Waals surface area contributed by atoms with Crippen molar-refractivity contribution in [1.82, 2.24) is 9.78 Å².